The molecule has 0 radical (unpaired) electrons. The van der Waals surface area contributed by atoms with Gasteiger partial charge in [-0.05, 0) is 30.5 Å². The van der Waals surface area contributed by atoms with Gasteiger partial charge in [0.1, 0.15) is 5.76 Å². The van der Waals surface area contributed by atoms with Crippen molar-refractivity contribution in [1.29, 1.82) is 0 Å². The average Bonchev–Trinajstić information content (AvgIpc) is 3.32. The fourth-order valence-electron chi connectivity index (χ4n) is 2.12. The first-order chi connectivity index (χ1) is 11.7. The number of nitrogen functional groups attached to an aromatic ring is 1. The van der Waals surface area contributed by atoms with Crippen LogP contribution in [0.2, 0.25) is 0 Å². The molecule has 0 aliphatic rings. The second kappa shape index (κ2) is 6.42. The molecule has 2 N–H and O–H groups in total. The Morgan fingerprint density at radius 2 is 2.17 bits per heavy atom. The molecule has 4 heterocycles. The fraction of sp³-hybridized carbons (Fsp3) is 0.133. The fourth-order valence-corrected chi connectivity index (χ4v) is 4.46. The Morgan fingerprint density at radius 1 is 1.25 bits per heavy atom. The SMILES string of the molecule is Cc1ccc(-c2nc(CSc3nnc(-c4cccs4)n3N)cs2)o1. The van der Waals surface area contributed by atoms with Gasteiger partial charge in [0.2, 0.25) is 5.16 Å². The lowest BCUT2D eigenvalue weighted by Crippen LogP contribution is -2.11. The molecule has 122 valence electrons. The number of rotatable bonds is 5. The molecule has 0 atom stereocenters. The summed E-state index contributed by atoms with van der Waals surface area (Å²) in [7, 11) is 0. The number of aromatic nitrogens is 4. The largest absolute Gasteiger partial charge is 0.459 e. The minimum absolute atomic E-state index is 0.668. The zero-order chi connectivity index (χ0) is 16.5. The molecular formula is C15H13N5OS3. The molecule has 0 fully saturated rings. The topological polar surface area (TPSA) is 82.8 Å². The summed E-state index contributed by atoms with van der Waals surface area (Å²) in [6.07, 6.45) is 0. The Labute approximate surface area is 150 Å². The van der Waals surface area contributed by atoms with Crippen LogP contribution in [0, 0.1) is 6.92 Å². The molecule has 4 aromatic heterocycles. The first-order valence-corrected chi connectivity index (χ1v) is 9.83. The van der Waals surface area contributed by atoms with E-state index in [1.54, 1.807) is 22.7 Å². The van der Waals surface area contributed by atoms with Gasteiger partial charge in [-0.15, -0.1) is 32.9 Å². The number of hydrogen-bond donors (Lipinski definition) is 1. The number of nitrogens with zero attached hydrogens (tertiary/aromatic N) is 4. The molecule has 9 heteroatoms. The van der Waals surface area contributed by atoms with Crippen LogP contribution in [0.4, 0.5) is 0 Å². The number of hydrogen-bond acceptors (Lipinski definition) is 8. The normalized spacial score (nSPS) is 11.2. The molecule has 0 aliphatic heterocycles. The number of thiazole rings is 1. The van der Waals surface area contributed by atoms with Gasteiger partial charge in [-0.25, -0.2) is 9.66 Å². The molecule has 4 aromatic rings. The maximum atomic E-state index is 6.10. The maximum absolute atomic E-state index is 6.10. The highest BCUT2D eigenvalue weighted by atomic mass is 32.2. The summed E-state index contributed by atoms with van der Waals surface area (Å²) in [6, 6.07) is 7.82. The van der Waals surface area contributed by atoms with Crippen LogP contribution in [0.25, 0.3) is 21.5 Å². The molecule has 0 bridgehead atoms. The summed E-state index contributed by atoms with van der Waals surface area (Å²) in [5.74, 6) is 9.14. The average molecular weight is 376 g/mol. The van der Waals surface area contributed by atoms with Gasteiger partial charge in [0, 0.05) is 11.1 Å². The Bertz CT molecular complexity index is 954. The van der Waals surface area contributed by atoms with Crippen molar-refractivity contribution in [2.45, 2.75) is 17.8 Å². The quantitative estimate of drug-likeness (QED) is 0.419. The van der Waals surface area contributed by atoms with Crippen LogP contribution < -0.4 is 5.84 Å². The molecule has 0 saturated heterocycles. The van der Waals surface area contributed by atoms with Crippen LogP contribution >= 0.6 is 34.4 Å². The van der Waals surface area contributed by atoms with Crippen molar-refractivity contribution >= 4 is 34.4 Å². The molecular weight excluding hydrogens is 362 g/mol. The Kier molecular flexibility index (Phi) is 4.13. The van der Waals surface area contributed by atoms with Crippen LogP contribution in [0.15, 0.2) is 44.6 Å². The molecule has 4 rings (SSSR count). The molecule has 0 unspecified atom stereocenters. The number of furan rings is 1. The van der Waals surface area contributed by atoms with Crippen LogP contribution in [0.1, 0.15) is 11.5 Å². The van der Waals surface area contributed by atoms with Crippen molar-refractivity contribution in [3.8, 4) is 21.5 Å². The number of nitrogens with two attached hydrogens (primary N) is 1. The van der Waals surface area contributed by atoms with Crippen molar-refractivity contribution in [3.63, 3.8) is 0 Å². The predicted octanol–water partition coefficient (Wildman–Crippen LogP) is 4.04. The molecule has 0 spiro atoms. The molecule has 24 heavy (non-hydrogen) atoms. The third-order valence-electron chi connectivity index (χ3n) is 3.26. The summed E-state index contributed by atoms with van der Waals surface area (Å²) in [5.41, 5.74) is 0.967. The van der Waals surface area contributed by atoms with E-state index in [-0.39, 0.29) is 0 Å². The molecule has 0 aliphatic carbocycles. The minimum atomic E-state index is 0.668. The third-order valence-corrected chi connectivity index (χ3v) is 6.01. The Hall–Kier alpha value is -2.10. The first-order valence-electron chi connectivity index (χ1n) is 7.09. The van der Waals surface area contributed by atoms with E-state index in [0.29, 0.717) is 16.7 Å². The van der Waals surface area contributed by atoms with Gasteiger partial charge in [-0.3, -0.25) is 0 Å². The third kappa shape index (κ3) is 2.97. The zero-order valence-electron chi connectivity index (χ0n) is 12.7. The number of aryl methyl sites for hydroxylation is 1. The van der Waals surface area contributed by atoms with Crippen molar-refractivity contribution in [2.24, 2.45) is 0 Å². The van der Waals surface area contributed by atoms with Crippen molar-refractivity contribution in [2.75, 3.05) is 5.84 Å². The predicted molar refractivity (Wildman–Crippen MR) is 97.6 cm³/mol. The van der Waals surface area contributed by atoms with Gasteiger partial charge in [0.05, 0.1) is 10.6 Å². The summed E-state index contributed by atoms with van der Waals surface area (Å²) in [4.78, 5) is 5.60. The summed E-state index contributed by atoms with van der Waals surface area (Å²) < 4.78 is 7.13. The van der Waals surface area contributed by atoms with Crippen LogP contribution in [-0.2, 0) is 5.75 Å². The monoisotopic (exact) mass is 375 g/mol. The van der Waals surface area contributed by atoms with Gasteiger partial charge in [-0.1, -0.05) is 17.8 Å². The van der Waals surface area contributed by atoms with Gasteiger partial charge < -0.3 is 10.3 Å². The summed E-state index contributed by atoms with van der Waals surface area (Å²) in [6.45, 7) is 1.92. The molecule has 0 aromatic carbocycles. The van der Waals surface area contributed by atoms with Crippen molar-refractivity contribution in [1.82, 2.24) is 19.9 Å². The van der Waals surface area contributed by atoms with E-state index in [2.05, 4.69) is 15.2 Å². The van der Waals surface area contributed by atoms with Crippen molar-refractivity contribution in [3.05, 3.63) is 46.5 Å². The van der Waals surface area contributed by atoms with E-state index in [1.807, 2.05) is 41.9 Å². The summed E-state index contributed by atoms with van der Waals surface area (Å²) >= 11 is 4.67. The van der Waals surface area contributed by atoms with Gasteiger partial charge >= 0.3 is 0 Å². The van der Waals surface area contributed by atoms with E-state index < -0.39 is 0 Å². The van der Waals surface area contributed by atoms with E-state index in [9.17, 15) is 0 Å². The van der Waals surface area contributed by atoms with Crippen LogP contribution in [-0.4, -0.2) is 19.9 Å². The minimum Gasteiger partial charge on any atom is -0.459 e. The molecule has 0 saturated carbocycles. The second-order valence-electron chi connectivity index (χ2n) is 5.00. The van der Waals surface area contributed by atoms with Crippen LogP contribution in [0.3, 0.4) is 0 Å². The lowest BCUT2D eigenvalue weighted by molar-refractivity contribution is 0.548. The standard InChI is InChI=1S/C15H13N5OS3/c1-9-4-5-11(21-9)14-17-10(7-23-14)8-24-15-19-18-13(20(15)16)12-3-2-6-22-12/h2-7H,8,16H2,1H3. The van der Waals surface area contributed by atoms with Gasteiger partial charge in [-0.2, -0.15) is 0 Å². The van der Waals surface area contributed by atoms with Gasteiger partial charge in [0.15, 0.2) is 16.6 Å². The van der Waals surface area contributed by atoms with Crippen LogP contribution in [0.5, 0.6) is 0 Å². The maximum Gasteiger partial charge on any atom is 0.210 e. The lowest BCUT2D eigenvalue weighted by Gasteiger charge is -2.00. The highest BCUT2D eigenvalue weighted by Gasteiger charge is 2.14. The van der Waals surface area contributed by atoms with E-state index >= 15 is 0 Å². The highest BCUT2D eigenvalue weighted by molar-refractivity contribution is 7.98. The van der Waals surface area contributed by atoms with Crippen molar-refractivity contribution < 1.29 is 4.42 Å². The Balaban J connectivity index is 1.47. The first kappa shape index (κ1) is 15.4. The molecule has 0 amide bonds. The van der Waals surface area contributed by atoms with E-state index in [1.165, 1.54) is 16.4 Å². The molecule has 6 nitrogen and oxygen atoms in total. The van der Waals surface area contributed by atoms with E-state index in [0.717, 1.165) is 27.1 Å². The highest BCUT2D eigenvalue weighted by Crippen LogP contribution is 2.30. The lowest BCUT2D eigenvalue weighted by atomic mass is 10.4. The summed E-state index contributed by atoms with van der Waals surface area (Å²) in [5, 5.41) is 13.9. The van der Waals surface area contributed by atoms with Gasteiger partial charge in [0.25, 0.3) is 0 Å². The Morgan fingerprint density at radius 3 is 2.92 bits per heavy atom. The number of thioether (sulfide) groups is 1. The number of thiophene rings is 1. The van der Waals surface area contributed by atoms with E-state index in [4.69, 9.17) is 10.3 Å². The smallest absolute Gasteiger partial charge is 0.210 e. The second-order valence-corrected chi connectivity index (χ2v) is 7.74. The zero-order valence-corrected chi connectivity index (χ0v) is 15.1.